The number of nitrogens with one attached hydrogen (secondary N) is 2. The number of hydrogen-bond acceptors (Lipinski definition) is 5. The molecule has 2 aliphatic heterocycles. The van der Waals surface area contributed by atoms with Gasteiger partial charge in [0.25, 0.3) is 5.91 Å². The van der Waals surface area contributed by atoms with E-state index in [1.54, 1.807) is 43.1 Å². The molecule has 4 rings (SSSR count). The van der Waals surface area contributed by atoms with E-state index in [2.05, 4.69) is 15.7 Å². The number of allylic oxidation sites excluding steroid dienone is 1. The van der Waals surface area contributed by atoms with Crippen LogP contribution in [0, 0.1) is 5.82 Å². The first kappa shape index (κ1) is 25.8. The minimum absolute atomic E-state index is 0.227. The standard InChI is InChI=1S/C26H27Cl2FN4OS/c1-30-25(26(34)32-33-11-3-2-4-12-33)21-16-35-15-18(13-17-5-8-20(29)9-6-17)24(21)31-23-10-7-19(27)14-22(23)28/h5-10,13-14,31H,2-4,11-12,15-16H2,1H3,(H,32,34)/b18-13+,30-25?. The predicted molar refractivity (Wildman–Crippen MR) is 146 cm³/mol. The quantitative estimate of drug-likeness (QED) is 0.433. The number of nitrogens with zero attached hydrogens (tertiary/aromatic N) is 2. The molecule has 184 valence electrons. The monoisotopic (exact) mass is 532 g/mol. The van der Waals surface area contributed by atoms with Crippen LogP contribution in [0.5, 0.6) is 0 Å². The molecule has 2 N–H and O–H groups in total. The summed E-state index contributed by atoms with van der Waals surface area (Å²) >= 11 is 14.3. The Hall–Kier alpha value is -2.32. The third kappa shape index (κ3) is 6.67. The third-order valence-electron chi connectivity index (χ3n) is 5.87. The Bertz CT molecular complexity index is 1170. The average molecular weight is 534 g/mol. The van der Waals surface area contributed by atoms with Crippen LogP contribution in [0.1, 0.15) is 24.8 Å². The van der Waals surface area contributed by atoms with E-state index in [9.17, 15) is 9.18 Å². The van der Waals surface area contributed by atoms with Crippen LogP contribution >= 0.6 is 35.0 Å². The number of thioether (sulfide) groups is 1. The number of hydrazine groups is 1. The van der Waals surface area contributed by atoms with Crippen molar-refractivity contribution in [3.63, 3.8) is 0 Å². The van der Waals surface area contributed by atoms with Crippen molar-refractivity contribution >= 4 is 58.3 Å². The Labute approximate surface area is 219 Å². The van der Waals surface area contributed by atoms with Crippen LogP contribution < -0.4 is 10.7 Å². The van der Waals surface area contributed by atoms with Crippen molar-refractivity contribution in [3.05, 3.63) is 80.7 Å². The number of anilines is 1. The van der Waals surface area contributed by atoms with Crippen molar-refractivity contribution in [2.75, 3.05) is 37.0 Å². The van der Waals surface area contributed by atoms with E-state index in [1.165, 1.54) is 18.6 Å². The van der Waals surface area contributed by atoms with Crippen LogP contribution in [0.15, 0.2) is 64.3 Å². The summed E-state index contributed by atoms with van der Waals surface area (Å²) in [5, 5.41) is 6.41. The maximum absolute atomic E-state index is 13.5. The Kier molecular flexibility index (Phi) is 8.89. The molecule has 0 aromatic heterocycles. The molecule has 1 saturated heterocycles. The molecule has 0 radical (unpaired) electrons. The van der Waals surface area contributed by atoms with Gasteiger partial charge in [0, 0.05) is 47.9 Å². The normalized spacial score (nSPS) is 18.6. The molecular weight excluding hydrogens is 506 g/mol. The molecule has 9 heteroatoms. The molecule has 35 heavy (non-hydrogen) atoms. The van der Waals surface area contributed by atoms with E-state index in [4.69, 9.17) is 23.2 Å². The van der Waals surface area contributed by atoms with Crippen LogP contribution in [-0.4, -0.2) is 48.3 Å². The largest absolute Gasteiger partial charge is 0.354 e. The van der Waals surface area contributed by atoms with Gasteiger partial charge in [0.15, 0.2) is 0 Å². The van der Waals surface area contributed by atoms with Crippen molar-refractivity contribution in [3.8, 4) is 0 Å². The first-order chi connectivity index (χ1) is 16.9. The summed E-state index contributed by atoms with van der Waals surface area (Å²) in [6.07, 6.45) is 5.29. The SMILES string of the molecule is CN=C(C(=O)NN1CCCCC1)C1=C(Nc2ccc(Cl)cc2Cl)/C(=C/c2ccc(F)cc2)CSC1. The smallest absolute Gasteiger partial charge is 0.284 e. The van der Waals surface area contributed by atoms with Gasteiger partial charge in [-0.25, -0.2) is 9.40 Å². The molecule has 0 atom stereocenters. The maximum Gasteiger partial charge on any atom is 0.284 e. The van der Waals surface area contributed by atoms with Crippen LogP contribution in [-0.2, 0) is 4.79 Å². The summed E-state index contributed by atoms with van der Waals surface area (Å²) in [5.74, 6) is 0.796. The topological polar surface area (TPSA) is 56.7 Å². The summed E-state index contributed by atoms with van der Waals surface area (Å²) in [4.78, 5) is 17.7. The van der Waals surface area contributed by atoms with Crippen LogP contribution in [0.4, 0.5) is 10.1 Å². The van der Waals surface area contributed by atoms with Gasteiger partial charge in [-0.1, -0.05) is 41.8 Å². The second-order valence-corrected chi connectivity index (χ2v) is 10.2. The highest BCUT2D eigenvalue weighted by Crippen LogP contribution is 2.34. The van der Waals surface area contributed by atoms with Crippen LogP contribution in [0.25, 0.3) is 6.08 Å². The highest BCUT2D eigenvalue weighted by atomic mass is 35.5. The van der Waals surface area contributed by atoms with Gasteiger partial charge < -0.3 is 5.32 Å². The fraction of sp³-hybridized carbons (Fsp3) is 0.308. The zero-order valence-electron chi connectivity index (χ0n) is 19.4. The lowest BCUT2D eigenvalue weighted by Gasteiger charge is -2.29. The Morgan fingerprint density at radius 3 is 2.51 bits per heavy atom. The molecule has 2 aromatic carbocycles. The number of amides is 1. The number of carbonyl (C=O) groups excluding carboxylic acids is 1. The number of hydrogen-bond donors (Lipinski definition) is 2. The molecule has 1 amide bonds. The van der Waals surface area contributed by atoms with Gasteiger partial charge in [0.1, 0.15) is 11.5 Å². The fourth-order valence-electron chi connectivity index (χ4n) is 4.12. The molecule has 1 fully saturated rings. The number of benzene rings is 2. The fourth-order valence-corrected chi connectivity index (χ4v) is 5.61. The first-order valence-electron chi connectivity index (χ1n) is 11.5. The van der Waals surface area contributed by atoms with E-state index in [-0.39, 0.29) is 11.7 Å². The molecule has 0 aliphatic carbocycles. The lowest BCUT2D eigenvalue weighted by Crippen LogP contribution is -2.48. The van der Waals surface area contributed by atoms with Gasteiger partial charge in [0.05, 0.1) is 10.7 Å². The zero-order chi connectivity index (χ0) is 24.8. The second kappa shape index (κ2) is 12.1. The molecule has 2 aromatic rings. The van der Waals surface area contributed by atoms with Crippen LogP contribution in [0.3, 0.4) is 0 Å². The van der Waals surface area contributed by atoms with E-state index >= 15 is 0 Å². The minimum atomic E-state index is -0.289. The van der Waals surface area contributed by atoms with Gasteiger partial charge >= 0.3 is 0 Å². The molecule has 0 unspecified atom stereocenters. The van der Waals surface area contributed by atoms with Gasteiger partial charge in [-0.15, -0.1) is 0 Å². The summed E-state index contributed by atoms with van der Waals surface area (Å²) in [7, 11) is 1.63. The summed E-state index contributed by atoms with van der Waals surface area (Å²) in [6, 6.07) is 11.6. The first-order valence-corrected chi connectivity index (χ1v) is 13.4. The number of carbonyl (C=O) groups is 1. The van der Waals surface area contributed by atoms with Gasteiger partial charge in [-0.3, -0.25) is 15.2 Å². The van der Waals surface area contributed by atoms with E-state index in [1.807, 2.05) is 17.2 Å². The number of halogens is 3. The van der Waals surface area contributed by atoms with Crippen molar-refractivity contribution < 1.29 is 9.18 Å². The zero-order valence-corrected chi connectivity index (χ0v) is 21.7. The third-order valence-corrected chi connectivity index (χ3v) is 7.42. The summed E-state index contributed by atoms with van der Waals surface area (Å²) < 4.78 is 13.5. The highest BCUT2D eigenvalue weighted by Gasteiger charge is 2.27. The van der Waals surface area contributed by atoms with Crippen LogP contribution in [0.2, 0.25) is 10.0 Å². The molecule has 5 nitrogen and oxygen atoms in total. The summed E-state index contributed by atoms with van der Waals surface area (Å²) in [6.45, 7) is 1.66. The molecule has 2 aliphatic rings. The van der Waals surface area contributed by atoms with E-state index in [0.717, 1.165) is 48.3 Å². The highest BCUT2D eigenvalue weighted by molar-refractivity contribution is 7.99. The molecule has 0 saturated carbocycles. The Morgan fingerprint density at radius 2 is 1.83 bits per heavy atom. The van der Waals surface area contributed by atoms with Gasteiger partial charge in [-0.05, 0) is 60.4 Å². The maximum atomic E-state index is 13.5. The molecule has 2 heterocycles. The van der Waals surface area contributed by atoms with Gasteiger partial charge in [-0.2, -0.15) is 11.8 Å². The second-order valence-electron chi connectivity index (χ2n) is 8.38. The minimum Gasteiger partial charge on any atom is -0.354 e. The number of aliphatic imine (C=N–C) groups is 1. The van der Waals surface area contributed by atoms with E-state index < -0.39 is 0 Å². The number of piperidine rings is 1. The van der Waals surface area contributed by atoms with Crippen molar-refractivity contribution in [2.24, 2.45) is 4.99 Å². The van der Waals surface area contributed by atoms with Crippen molar-refractivity contribution in [2.45, 2.75) is 19.3 Å². The van der Waals surface area contributed by atoms with Crippen molar-refractivity contribution in [1.29, 1.82) is 0 Å². The average Bonchev–Trinajstić information content (AvgIpc) is 2.85. The summed E-state index contributed by atoms with van der Waals surface area (Å²) in [5.41, 5.74) is 7.46. The van der Waals surface area contributed by atoms with Gasteiger partial charge in [0.2, 0.25) is 0 Å². The predicted octanol–water partition coefficient (Wildman–Crippen LogP) is 6.22. The molecular formula is C26H27Cl2FN4OS. The lowest BCUT2D eigenvalue weighted by atomic mass is 10.0. The Balaban J connectivity index is 1.74. The Morgan fingerprint density at radius 1 is 1.09 bits per heavy atom. The number of rotatable bonds is 6. The molecule has 0 spiro atoms. The lowest BCUT2D eigenvalue weighted by molar-refractivity contribution is -0.119. The van der Waals surface area contributed by atoms with Crippen molar-refractivity contribution in [1.82, 2.24) is 10.4 Å². The van der Waals surface area contributed by atoms with E-state index in [0.29, 0.717) is 33.0 Å². The molecule has 0 bridgehead atoms.